The second kappa shape index (κ2) is 12.1. The number of aromatic nitrogens is 3. The van der Waals surface area contributed by atoms with Gasteiger partial charge in [0.25, 0.3) is 5.91 Å². The van der Waals surface area contributed by atoms with E-state index in [0.717, 1.165) is 17.3 Å². The number of anilines is 1. The minimum Gasteiger partial charge on any atom is -0.338 e. The van der Waals surface area contributed by atoms with Crippen molar-refractivity contribution in [2.75, 3.05) is 5.32 Å². The summed E-state index contributed by atoms with van der Waals surface area (Å²) < 4.78 is 42.0. The first-order chi connectivity index (χ1) is 20.2. The van der Waals surface area contributed by atoms with E-state index in [1.807, 2.05) is 60.7 Å². The van der Waals surface area contributed by atoms with Gasteiger partial charge in [-0.05, 0) is 46.5 Å². The third-order valence-corrected chi connectivity index (χ3v) is 6.86. The summed E-state index contributed by atoms with van der Waals surface area (Å²) in [7, 11) is 1.63. The smallest absolute Gasteiger partial charge is 0.338 e. The first-order valence-electron chi connectivity index (χ1n) is 13.0. The van der Waals surface area contributed by atoms with Crippen molar-refractivity contribution in [2.45, 2.75) is 18.1 Å². The van der Waals surface area contributed by atoms with E-state index in [4.69, 9.17) is 0 Å². The van der Waals surface area contributed by atoms with Crippen molar-refractivity contribution in [1.29, 1.82) is 0 Å². The van der Waals surface area contributed by atoms with Gasteiger partial charge in [-0.1, -0.05) is 72.8 Å². The Hall–Kier alpha value is -5.25. The normalized spacial score (nSPS) is 12.1. The van der Waals surface area contributed by atoms with Gasteiger partial charge >= 0.3 is 6.18 Å². The van der Waals surface area contributed by atoms with Crippen LogP contribution in [-0.2, 0) is 18.0 Å². The summed E-state index contributed by atoms with van der Waals surface area (Å²) in [5.74, 6) is -1.55. The van der Waals surface area contributed by atoms with Gasteiger partial charge in [0.2, 0.25) is 5.91 Å². The molecule has 10 heteroatoms. The highest BCUT2D eigenvalue weighted by atomic mass is 19.4. The van der Waals surface area contributed by atoms with Gasteiger partial charge in [0.15, 0.2) is 0 Å². The van der Waals surface area contributed by atoms with Crippen molar-refractivity contribution in [1.82, 2.24) is 20.1 Å². The lowest BCUT2D eigenvalue weighted by Crippen LogP contribution is -2.48. The number of rotatable bonds is 8. The molecule has 1 atom stereocenters. The molecule has 2 amide bonds. The number of benzene rings is 3. The van der Waals surface area contributed by atoms with E-state index >= 15 is 0 Å². The van der Waals surface area contributed by atoms with E-state index in [-0.39, 0.29) is 11.3 Å². The van der Waals surface area contributed by atoms with Gasteiger partial charge in [0.05, 0.1) is 5.56 Å². The van der Waals surface area contributed by atoms with Crippen LogP contribution in [0.25, 0.3) is 11.1 Å². The number of carbonyl (C=O) groups excluding carboxylic acids is 2. The summed E-state index contributed by atoms with van der Waals surface area (Å²) in [5.41, 5.74) is 1.68. The van der Waals surface area contributed by atoms with E-state index in [2.05, 4.69) is 20.7 Å². The number of nitrogens with one attached hydrogen (secondary N) is 2. The molecule has 5 aromatic rings. The number of halogens is 3. The van der Waals surface area contributed by atoms with Gasteiger partial charge in [0.1, 0.15) is 11.7 Å². The fourth-order valence-electron chi connectivity index (χ4n) is 4.84. The van der Waals surface area contributed by atoms with Gasteiger partial charge in [-0.25, -0.2) is 0 Å². The van der Waals surface area contributed by atoms with Gasteiger partial charge < -0.3 is 10.6 Å². The molecule has 0 spiro atoms. The third-order valence-electron chi connectivity index (χ3n) is 6.86. The Labute approximate surface area is 240 Å². The average Bonchev–Trinajstić information content (AvgIpc) is 3.44. The van der Waals surface area contributed by atoms with Crippen molar-refractivity contribution >= 4 is 17.5 Å². The van der Waals surface area contributed by atoms with E-state index < -0.39 is 35.5 Å². The zero-order valence-corrected chi connectivity index (χ0v) is 22.4. The van der Waals surface area contributed by atoms with Gasteiger partial charge in [0, 0.05) is 37.2 Å². The molecule has 1 unspecified atom stereocenters. The maximum Gasteiger partial charge on any atom is 0.418 e. The lowest BCUT2D eigenvalue weighted by atomic mass is 9.84. The molecule has 2 heterocycles. The summed E-state index contributed by atoms with van der Waals surface area (Å²) in [6.45, 7) is 0. The number of alkyl halides is 3. The van der Waals surface area contributed by atoms with Crippen LogP contribution in [0.4, 0.5) is 18.9 Å². The molecule has 2 aromatic heterocycles. The highest BCUT2D eigenvalue weighted by Crippen LogP contribution is 2.37. The van der Waals surface area contributed by atoms with Crippen LogP contribution in [0.15, 0.2) is 116 Å². The minimum absolute atomic E-state index is 0.0232. The quantitative estimate of drug-likeness (QED) is 0.237. The average molecular weight is 570 g/mol. The van der Waals surface area contributed by atoms with Crippen molar-refractivity contribution in [2.24, 2.45) is 7.05 Å². The molecule has 0 radical (unpaired) electrons. The van der Waals surface area contributed by atoms with Gasteiger partial charge in [-0.3, -0.25) is 19.3 Å². The Morgan fingerprint density at radius 3 is 1.98 bits per heavy atom. The summed E-state index contributed by atoms with van der Waals surface area (Å²) in [4.78, 5) is 30.9. The van der Waals surface area contributed by atoms with Crippen LogP contribution < -0.4 is 10.6 Å². The van der Waals surface area contributed by atoms with Crippen molar-refractivity contribution in [3.05, 3.63) is 138 Å². The first kappa shape index (κ1) is 28.3. The molecule has 7 nitrogen and oxygen atoms in total. The highest BCUT2D eigenvalue weighted by molar-refractivity contribution is 6.01. The molecule has 0 saturated carbocycles. The number of amides is 2. The maximum atomic E-state index is 13.9. The molecule has 0 fully saturated rings. The number of aryl methyl sites for hydroxylation is 1. The summed E-state index contributed by atoms with van der Waals surface area (Å²) >= 11 is 0. The van der Waals surface area contributed by atoms with Crippen molar-refractivity contribution < 1.29 is 22.8 Å². The lowest BCUT2D eigenvalue weighted by molar-refractivity contribution is -0.137. The Morgan fingerprint density at radius 1 is 0.810 bits per heavy atom. The molecule has 5 rings (SSSR count). The SMILES string of the molecule is Cn1nccc1C(=O)NC(C(=O)Nc1ccc(-c2ccncc2C(F)(F)F)cc1)C(c1ccccc1)c1ccccc1. The van der Waals surface area contributed by atoms with E-state index in [9.17, 15) is 22.8 Å². The van der Waals surface area contributed by atoms with E-state index in [1.165, 1.54) is 47.4 Å². The molecule has 212 valence electrons. The molecule has 0 bridgehead atoms. The van der Waals surface area contributed by atoms with Crippen molar-refractivity contribution in [3.63, 3.8) is 0 Å². The number of carbonyl (C=O) groups is 2. The van der Waals surface area contributed by atoms with Crippen LogP contribution in [0.5, 0.6) is 0 Å². The monoisotopic (exact) mass is 569 g/mol. The predicted octanol–water partition coefficient (Wildman–Crippen LogP) is 6.07. The molecule has 2 N–H and O–H groups in total. The van der Waals surface area contributed by atoms with E-state index in [0.29, 0.717) is 11.3 Å². The third kappa shape index (κ3) is 6.22. The zero-order chi connectivity index (χ0) is 29.7. The highest BCUT2D eigenvalue weighted by Gasteiger charge is 2.35. The minimum atomic E-state index is -4.57. The second-order valence-corrected chi connectivity index (χ2v) is 9.58. The Morgan fingerprint density at radius 2 is 1.43 bits per heavy atom. The lowest BCUT2D eigenvalue weighted by Gasteiger charge is -2.28. The molecule has 3 aromatic carbocycles. The molecule has 0 aliphatic carbocycles. The van der Waals surface area contributed by atoms with Crippen LogP contribution in [0, 0.1) is 0 Å². The Balaban J connectivity index is 1.48. The molecule has 42 heavy (non-hydrogen) atoms. The zero-order valence-electron chi connectivity index (χ0n) is 22.4. The molecular formula is C32H26F3N5O2. The Kier molecular flexibility index (Phi) is 8.14. The molecule has 0 saturated heterocycles. The molecular weight excluding hydrogens is 543 g/mol. The van der Waals surface area contributed by atoms with Gasteiger partial charge in [-0.15, -0.1) is 0 Å². The largest absolute Gasteiger partial charge is 0.418 e. The summed E-state index contributed by atoms with van der Waals surface area (Å²) in [5, 5.41) is 9.79. The molecule has 0 aliphatic heterocycles. The second-order valence-electron chi connectivity index (χ2n) is 9.58. The van der Waals surface area contributed by atoms with E-state index in [1.54, 1.807) is 13.1 Å². The number of hydrogen-bond donors (Lipinski definition) is 2. The fourth-order valence-corrected chi connectivity index (χ4v) is 4.84. The van der Waals surface area contributed by atoms with Crippen molar-refractivity contribution in [3.8, 4) is 11.1 Å². The standard InChI is InChI=1S/C32H26F3N5O2/c1-40-27(17-19-37-40)30(41)39-29(28(22-8-4-2-5-9-22)23-10-6-3-7-11-23)31(42)38-24-14-12-21(13-15-24)25-16-18-36-20-26(25)32(33,34)35/h2-20,28-29H,1H3,(H,38,42)(H,39,41). The number of pyridine rings is 1. The predicted molar refractivity (Wildman–Crippen MR) is 152 cm³/mol. The van der Waals surface area contributed by atoms with Gasteiger partial charge in [-0.2, -0.15) is 18.3 Å². The van der Waals surface area contributed by atoms with Crippen LogP contribution in [-0.4, -0.2) is 32.6 Å². The fraction of sp³-hybridized carbons (Fsp3) is 0.125. The van der Waals surface area contributed by atoms with Crippen LogP contribution in [0.1, 0.15) is 33.1 Å². The van der Waals surface area contributed by atoms with Crippen LogP contribution >= 0.6 is 0 Å². The number of nitrogens with zero attached hydrogens (tertiary/aromatic N) is 3. The first-order valence-corrected chi connectivity index (χ1v) is 13.0. The maximum absolute atomic E-state index is 13.9. The Bertz CT molecular complexity index is 1630. The van der Waals surface area contributed by atoms with Crippen LogP contribution in [0.2, 0.25) is 0 Å². The summed E-state index contributed by atoms with van der Waals surface area (Å²) in [6.07, 6.45) is -0.999. The molecule has 0 aliphatic rings. The van der Waals surface area contributed by atoms with Crippen LogP contribution in [0.3, 0.4) is 0 Å². The summed E-state index contributed by atoms with van der Waals surface area (Å²) in [6, 6.07) is 26.5. The topological polar surface area (TPSA) is 88.9 Å². The number of hydrogen-bond acceptors (Lipinski definition) is 4.